The lowest BCUT2D eigenvalue weighted by Crippen LogP contribution is -2.41. The average molecular weight is 363 g/mol. The van der Waals surface area contributed by atoms with Gasteiger partial charge in [0.2, 0.25) is 5.91 Å². The molecule has 1 atom stereocenters. The zero-order valence-corrected chi connectivity index (χ0v) is 16.8. The van der Waals surface area contributed by atoms with Crippen LogP contribution in [0, 0.1) is 5.92 Å². The van der Waals surface area contributed by atoms with Crippen molar-refractivity contribution in [2.45, 2.75) is 33.2 Å². The Morgan fingerprint density at radius 2 is 1.85 bits per heavy atom. The molecule has 0 aliphatic heterocycles. The molecule has 0 fully saturated rings. The van der Waals surface area contributed by atoms with Crippen LogP contribution in [0.5, 0.6) is 0 Å². The molecule has 1 aromatic rings. The van der Waals surface area contributed by atoms with Crippen LogP contribution in [0.25, 0.3) is 0 Å². The van der Waals surface area contributed by atoms with E-state index in [9.17, 15) is 4.79 Å². The molecule has 0 aromatic heterocycles. The third-order valence-corrected chi connectivity index (χ3v) is 3.90. The Morgan fingerprint density at radius 1 is 1.15 bits per heavy atom. The maximum Gasteiger partial charge on any atom is 0.243 e. The predicted molar refractivity (Wildman–Crippen MR) is 107 cm³/mol. The molecule has 1 aromatic carbocycles. The summed E-state index contributed by atoms with van der Waals surface area (Å²) in [5.74, 6) is 1.22. The third-order valence-electron chi connectivity index (χ3n) is 3.90. The summed E-state index contributed by atoms with van der Waals surface area (Å²) >= 11 is 0. The Morgan fingerprint density at radius 3 is 2.46 bits per heavy atom. The number of hydrogen-bond donors (Lipinski definition) is 2. The second kappa shape index (κ2) is 12.3. The van der Waals surface area contributed by atoms with Crippen molar-refractivity contribution in [3.05, 3.63) is 35.9 Å². The minimum absolute atomic E-state index is 0.0355. The number of benzene rings is 1. The van der Waals surface area contributed by atoms with E-state index in [-0.39, 0.29) is 18.5 Å². The van der Waals surface area contributed by atoms with Gasteiger partial charge in [-0.05, 0) is 24.8 Å². The molecule has 1 rings (SSSR count). The van der Waals surface area contributed by atoms with Crippen molar-refractivity contribution in [3.63, 3.8) is 0 Å². The van der Waals surface area contributed by atoms with Crippen molar-refractivity contribution in [1.29, 1.82) is 0 Å². The quantitative estimate of drug-likeness (QED) is 0.381. The highest BCUT2D eigenvalue weighted by Crippen LogP contribution is 2.10. The maximum atomic E-state index is 11.8. The summed E-state index contributed by atoms with van der Waals surface area (Å²) in [6.45, 7) is 8.55. The number of carbonyl (C=O) groups excluding carboxylic acids is 1. The SMILES string of the molecule is CC(C)CCOCCNC(=NCC(=O)N(C)C)NC(C)c1ccccc1. The highest BCUT2D eigenvalue weighted by atomic mass is 16.5. The molecule has 0 aliphatic carbocycles. The zero-order valence-electron chi connectivity index (χ0n) is 16.8. The third kappa shape index (κ3) is 9.42. The van der Waals surface area contributed by atoms with E-state index in [1.54, 1.807) is 14.1 Å². The largest absolute Gasteiger partial charge is 0.380 e. The van der Waals surface area contributed by atoms with E-state index in [0.29, 0.717) is 25.0 Å². The fourth-order valence-corrected chi connectivity index (χ4v) is 2.13. The number of nitrogens with one attached hydrogen (secondary N) is 2. The topological polar surface area (TPSA) is 66.0 Å². The van der Waals surface area contributed by atoms with E-state index < -0.39 is 0 Å². The minimum Gasteiger partial charge on any atom is -0.380 e. The number of nitrogens with zero attached hydrogens (tertiary/aromatic N) is 2. The van der Waals surface area contributed by atoms with Crippen LogP contribution in [0.1, 0.15) is 38.8 Å². The first-order valence-electron chi connectivity index (χ1n) is 9.27. The predicted octanol–water partition coefficient (Wildman–Crippen LogP) is 2.43. The number of rotatable bonds is 10. The van der Waals surface area contributed by atoms with E-state index in [1.165, 1.54) is 4.90 Å². The molecule has 0 bridgehead atoms. The lowest BCUT2D eigenvalue weighted by Gasteiger charge is -2.19. The van der Waals surface area contributed by atoms with Crippen LogP contribution in [0.15, 0.2) is 35.3 Å². The van der Waals surface area contributed by atoms with Gasteiger partial charge in [-0.3, -0.25) is 4.79 Å². The van der Waals surface area contributed by atoms with E-state index in [1.807, 2.05) is 18.2 Å². The van der Waals surface area contributed by atoms with Gasteiger partial charge >= 0.3 is 0 Å². The molecule has 1 amide bonds. The first kappa shape index (κ1) is 22.0. The first-order chi connectivity index (χ1) is 12.4. The number of ether oxygens (including phenoxy) is 1. The molecule has 0 radical (unpaired) electrons. The summed E-state index contributed by atoms with van der Waals surface area (Å²) in [6, 6.07) is 10.2. The average Bonchev–Trinajstić information content (AvgIpc) is 2.62. The summed E-state index contributed by atoms with van der Waals surface area (Å²) in [5.41, 5.74) is 1.16. The summed E-state index contributed by atoms with van der Waals surface area (Å²) in [7, 11) is 3.46. The minimum atomic E-state index is -0.0355. The van der Waals surface area contributed by atoms with Crippen molar-refractivity contribution in [3.8, 4) is 0 Å². The van der Waals surface area contributed by atoms with Crippen LogP contribution in [0.2, 0.25) is 0 Å². The fraction of sp³-hybridized carbons (Fsp3) is 0.600. The second-order valence-corrected chi connectivity index (χ2v) is 6.95. The monoisotopic (exact) mass is 362 g/mol. The molecule has 1 unspecified atom stereocenters. The maximum absolute atomic E-state index is 11.8. The van der Waals surface area contributed by atoms with Gasteiger partial charge in [0, 0.05) is 27.2 Å². The van der Waals surface area contributed by atoms with Crippen LogP contribution in [-0.2, 0) is 9.53 Å². The molecule has 0 aliphatic rings. The summed E-state index contributed by atoms with van der Waals surface area (Å²) in [6.07, 6.45) is 1.06. The standard InChI is InChI=1S/C20H34N4O2/c1-16(2)11-13-26-14-12-21-20(22-15-19(25)24(4)5)23-17(3)18-9-7-6-8-10-18/h6-10,16-17H,11-15H2,1-5H3,(H2,21,22,23). The van der Waals surface area contributed by atoms with Gasteiger partial charge in [0.1, 0.15) is 6.54 Å². The van der Waals surface area contributed by atoms with Crippen molar-refractivity contribution >= 4 is 11.9 Å². The Balaban J connectivity index is 2.55. The molecular weight excluding hydrogens is 328 g/mol. The van der Waals surface area contributed by atoms with Gasteiger partial charge in [0.25, 0.3) is 0 Å². The molecule has 0 spiro atoms. The molecule has 26 heavy (non-hydrogen) atoms. The normalized spacial score (nSPS) is 12.8. The Kier molecular flexibility index (Phi) is 10.4. The summed E-state index contributed by atoms with van der Waals surface area (Å²) in [5, 5.41) is 6.60. The Bertz CT molecular complexity index is 544. The second-order valence-electron chi connectivity index (χ2n) is 6.95. The number of carbonyl (C=O) groups is 1. The molecule has 146 valence electrons. The van der Waals surface area contributed by atoms with Crippen molar-refractivity contribution < 1.29 is 9.53 Å². The van der Waals surface area contributed by atoms with E-state index >= 15 is 0 Å². The molecule has 0 saturated heterocycles. The van der Waals surface area contributed by atoms with E-state index in [4.69, 9.17) is 4.74 Å². The molecule has 0 saturated carbocycles. The van der Waals surface area contributed by atoms with E-state index in [0.717, 1.165) is 18.6 Å². The number of likely N-dealkylation sites (N-methyl/N-ethyl adjacent to an activating group) is 1. The molecule has 6 nitrogen and oxygen atoms in total. The molecule has 2 N–H and O–H groups in total. The van der Waals surface area contributed by atoms with Crippen molar-refractivity contribution in [2.75, 3.05) is 40.4 Å². The van der Waals surface area contributed by atoms with Crippen LogP contribution >= 0.6 is 0 Å². The lowest BCUT2D eigenvalue weighted by atomic mass is 10.1. The number of aliphatic imine (C=N–C) groups is 1. The highest BCUT2D eigenvalue weighted by molar-refractivity contribution is 5.85. The molecule has 6 heteroatoms. The fourth-order valence-electron chi connectivity index (χ4n) is 2.13. The molecule has 0 heterocycles. The number of guanidine groups is 1. The van der Waals surface area contributed by atoms with Crippen molar-refractivity contribution in [2.24, 2.45) is 10.9 Å². The van der Waals surface area contributed by atoms with Gasteiger partial charge in [0.05, 0.1) is 12.6 Å². The van der Waals surface area contributed by atoms with Crippen LogP contribution in [0.4, 0.5) is 0 Å². The molecular formula is C20H34N4O2. The lowest BCUT2D eigenvalue weighted by molar-refractivity contribution is -0.127. The first-order valence-corrected chi connectivity index (χ1v) is 9.27. The van der Waals surface area contributed by atoms with Crippen LogP contribution in [-0.4, -0.2) is 57.2 Å². The summed E-state index contributed by atoms with van der Waals surface area (Å²) < 4.78 is 5.63. The smallest absolute Gasteiger partial charge is 0.243 e. The number of hydrogen-bond acceptors (Lipinski definition) is 3. The van der Waals surface area contributed by atoms with Crippen LogP contribution < -0.4 is 10.6 Å². The van der Waals surface area contributed by atoms with Crippen molar-refractivity contribution in [1.82, 2.24) is 15.5 Å². The van der Waals surface area contributed by atoms with Gasteiger partial charge in [-0.2, -0.15) is 0 Å². The van der Waals surface area contributed by atoms with Gasteiger partial charge < -0.3 is 20.3 Å². The van der Waals surface area contributed by atoms with Gasteiger partial charge in [-0.1, -0.05) is 44.2 Å². The summed E-state index contributed by atoms with van der Waals surface area (Å²) in [4.78, 5) is 17.8. The Hall–Kier alpha value is -2.08. The van der Waals surface area contributed by atoms with Gasteiger partial charge in [0.15, 0.2) is 5.96 Å². The zero-order chi connectivity index (χ0) is 19.4. The van der Waals surface area contributed by atoms with E-state index in [2.05, 4.69) is 48.5 Å². The Labute approximate surface area is 158 Å². The highest BCUT2D eigenvalue weighted by Gasteiger charge is 2.09. The van der Waals surface area contributed by atoms with Crippen LogP contribution in [0.3, 0.4) is 0 Å². The van der Waals surface area contributed by atoms with Gasteiger partial charge in [-0.25, -0.2) is 4.99 Å². The van der Waals surface area contributed by atoms with Gasteiger partial charge in [-0.15, -0.1) is 0 Å². The number of amides is 1.